The van der Waals surface area contributed by atoms with E-state index < -0.39 is 0 Å². The SMILES string of the molecule is O=C1CCCc2oc(=O)c3c(c21)CCCC3. The molecule has 0 aliphatic heterocycles. The molecule has 16 heavy (non-hydrogen) atoms. The molecule has 84 valence electrons. The van der Waals surface area contributed by atoms with Gasteiger partial charge in [0.1, 0.15) is 5.76 Å². The molecule has 0 fully saturated rings. The second-order valence-electron chi connectivity index (χ2n) is 4.63. The molecule has 2 aliphatic rings. The van der Waals surface area contributed by atoms with Gasteiger partial charge in [-0.15, -0.1) is 0 Å². The highest BCUT2D eigenvalue weighted by Crippen LogP contribution is 2.29. The molecule has 0 saturated carbocycles. The summed E-state index contributed by atoms with van der Waals surface area (Å²) >= 11 is 0. The molecule has 1 aromatic heterocycles. The molecule has 0 saturated heterocycles. The summed E-state index contributed by atoms with van der Waals surface area (Å²) in [6, 6.07) is 0. The van der Waals surface area contributed by atoms with E-state index in [-0.39, 0.29) is 11.4 Å². The summed E-state index contributed by atoms with van der Waals surface area (Å²) in [6.45, 7) is 0. The summed E-state index contributed by atoms with van der Waals surface area (Å²) in [7, 11) is 0. The van der Waals surface area contributed by atoms with Crippen molar-refractivity contribution in [3.05, 3.63) is 32.9 Å². The van der Waals surface area contributed by atoms with E-state index in [4.69, 9.17) is 4.42 Å². The molecule has 1 heterocycles. The van der Waals surface area contributed by atoms with Gasteiger partial charge in [0, 0.05) is 18.4 Å². The van der Waals surface area contributed by atoms with Crippen LogP contribution in [0.2, 0.25) is 0 Å². The lowest BCUT2D eigenvalue weighted by Gasteiger charge is -2.21. The smallest absolute Gasteiger partial charge is 0.339 e. The summed E-state index contributed by atoms with van der Waals surface area (Å²) in [6.07, 6.45) is 5.92. The zero-order chi connectivity index (χ0) is 11.1. The summed E-state index contributed by atoms with van der Waals surface area (Å²) in [5.41, 5.74) is 2.31. The second-order valence-corrected chi connectivity index (χ2v) is 4.63. The van der Waals surface area contributed by atoms with Gasteiger partial charge in [-0.05, 0) is 37.7 Å². The van der Waals surface area contributed by atoms with Crippen molar-refractivity contribution in [2.24, 2.45) is 0 Å². The fraction of sp³-hybridized carbons (Fsp3) is 0.538. The average molecular weight is 218 g/mol. The first-order chi connectivity index (χ1) is 7.77. The van der Waals surface area contributed by atoms with Crippen LogP contribution in [-0.4, -0.2) is 5.78 Å². The first-order valence-electron chi connectivity index (χ1n) is 5.98. The largest absolute Gasteiger partial charge is 0.427 e. The van der Waals surface area contributed by atoms with Crippen LogP contribution >= 0.6 is 0 Å². The van der Waals surface area contributed by atoms with Crippen LogP contribution in [0.25, 0.3) is 0 Å². The molecule has 0 amide bonds. The van der Waals surface area contributed by atoms with Crippen molar-refractivity contribution >= 4 is 5.78 Å². The van der Waals surface area contributed by atoms with Crippen LogP contribution in [0.15, 0.2) is 9.21 Å². The highest BCUT2D eigenvalue weighted by molar-refractivity contribution is 5.99. The zero-order valence-corrected chi connectivity index (χ0v) is 9.17. The van der Waals surface area contributed by atoms with Crippen molar-refractivity contribution in [1.29, 1.82) is 0 Å². The molecule has 0 bridgehead atoms. The first kappa shape index (κ1) is 9.82. The maximum absolute atomic E-state index is 11.9. The molecule has 3 rings (SSSR count). The van der Waals surface area contributed by atoms with Crippen molar-refractivity contribution in [3.8, 4) is 0 Å². The van der Waals surface area contributed by atoms with Crippen LogP contribution < -0.4 is 5.63 Å². The van der Waals surface area contributed by atoms with Gasteiger partial charge >= 0.3 is 5.63 Å². The minimum absolute atomic E-state index is 0.170. The third-order valence-corrected chi connectivity index (χ3v) is 3.60. The minimum atomic E-state index is -0.205. The van der Waals surface area contributed by atoms with Crippen molar-refractivity contribution < 1.29 is 9.21 Å². The quantitative estimate of drug-likeness (QED) is 0.669. The standard InChI is InChI=1S/C13H14O3/c14-10-6-3-7-11-12(10)8-4-1-2-5-9(8)13(15)16-11/h1-7H2. The van der Waals surface area contributed by atoms with Gasteiger partial charge in [0.25, 0.3) is 0 Å². The third-order valence-electron chi connectivity index (χ3n) is 3.60. The van der Waals surface area contributed by atoms with E-state index in [0.717, 1.165) is 55.2 Å². The van der Waals surface area contributed by atoms with Crippen molar-refractivity contribution in [2.45, 2.75) is 44.9 Å². The Balaban J connectivity index is 2.29. The molecule has 3 heteroatoms. The van der Waals surface area contributed by atoms with Crippen LogP contribution in [0.5, 0.6) is 0 Å². The zero-order valence-electron chi connectivity index (χ0n) is 9.17. The van der Waals surface area contributed by atoms with Crippen molar-refractivity contribution in [3.63, 3.8) is 0 Å². The Hall–Kier alpha value is -1.38. The molecule has 3 nitrogen and oxygen atoms in total. The van der Waals surface area contributed by atoms with Crippen molar-refractivity contribution in [1.82, 2.24) is 0 Å². The minimum Gasteiger partial charge on any atom is -0.427 e. The van der Waals surface area contributed by atoms with Gasteiger partial charge in [0.05, 0.1) is 5.56 Å². The average Bonchev–Trinajstić information content (AvgIpc) is 2.29. The molecule has 0 atom stereocenters. The maximum atomic E-state index is 11.9. The van der Waals surface area contributed by atoms with E-state index >= 15 is 0 Å². The molecule has 0 spiro atoms. The van der Waals surface area contributed by atoms with E-state index in [2.05, 4.69) is 0 Å². The van der Waals surface area contributed by atoms with Crippen molar-refractivity contribution in [2.75, 3.05) is 0 Å². The Morgan fingerprint density at radius 2 is 1.56 bits per heavy atom. The third kappa shape index (κ3) is 1.34. The Labute approximate surface area is 93.5 Å². The van der Waals surface area contributed by atoms with E-state index in [1.165, 1.54) is 0 Å². The highest BCUT2D eigenvalue weighted by atomic mass is 16.4. The Morgan fingerprint density at radius 1 is 0.812 bits per heavy atom. The molecular weight excluding hydrogens is 204 g/mol. The Morgan fingerprint density at radius 3 is 2.38 bits per heavy atom. The predicted octanol–water partition coefficient (Wildman–Crippen LogP) is 2.04. The monoisotopic (exact) mass is 218 g/mol. The van der Waals surface area contributed by atoms with Crippen LogP contribution in [0.1, 0.15) is 52.9 Å². The Bertz CT molecular complexity index is 511. The summed E-state index contributed by atoms with van der Waals surface area (Å²) in [5, 5.41) is 0. The molecule has 0 aromatic carbocycles. The number of Topliss-reactive ketones (excluding diaryl/α,β-unsaturated/α-hetero) is 1. The second kappa shape index (κ2) is 3.58. The lowest BCUT2D eigenvalue weighted by Crippen LogP contribution is -2.24. The molecule has 0 radical (unpaired) electrons. The maximum Gasteiger partial charge on any atom is 0.339 e. The van der Waals surface area contributed by atoms with Crippen LogP contribution in [-0.2, 0) is 19.3 Å². The Kier molecular flexibility index (Phi) is 2.20. The molecule has 2 aliphatic carbocycles. The molecule has 0 N–H and O–H groups in total. The highest BCUT2D eigenvalue weighted by Gasteiger charge is 2.28. The summed E-state index contributed by atoms with van der Waals surface area (Å²) in [5.74, 6) is 0.810. The normalized spacial score (nSPS) is 19.1. The number of carbonyl (C=O) groups excluding carboxylic acids is 1. The number of hydrogen-bond donors (Lipinski definition) is 0. The topological polar surface area (TPSA) is 47.3 Å². The number of fused-ring (bicyclic) bond motifs is 3. The fourth-order valence-corrected chi connectivity index (χ4v) is 2.83. The summed E-state index contributed by atoms with van der Waals surface area (Å²) < 4.78 is 5.29. The van der Waals surface area contributed by atoms with Gasteiger partial charge in [0.2, 0.25) is 0 Å². The van der Waals surface area contributed by atoms with Crippen LogP contribution in [0, 0.1) is 0 Å². The first-order valence-corrected chi connectivity index (χ1v) is 5.98. The summed E-state index contributed by atoms with van der Waals surface area (Å²) in [4.78, 5) is 23.7. The van der Waals surface area contributed by atoms with Gasteiger partial charge in [-0.1, -0.05) is 0 Å². The number of ketones is 1. The molecule has 0 unspecified atom stereocenters. The fourth-order valence-electron chi connectivity index (χ4n) is 2.83. The number of rotatable bonds is 0. The molecular formula is C13H14O3. The number of aryl methyl sites for hydroxylation is 1. The van der Waals surface area contributed by atoms with Crippen LogP contribution in [0.4, 0.5) is 0 Å². The lowest BCUT2D eigenvalue weighted by molar-refractivity contribution is 0.0964. The van der Waals surface area contributed by atoms with E-state index in [9.17, 15) is 9.59 Å². The predicted molar refractivity (Wildman–Crippen MR) is 58.9 cm³/mol. The number of hydrogen-bond acceptors (Lipinski definition) is 3. The van der Waals surface area contributed by atoms with Gasteiger partial charge in [-0.2, -0.15) is 0 Å². The van der Waals surface area contributed by atoms with E-state index in [1.807, 2.05) is 0 Å². The van der Waals surface area contributed by atoms with Gasteiger partial charge in [-0.3, -0.25) is 4.79 Å². The van der Waals surface area contributed by atoms with E-state index in [0.29, 0.717) is 12.2 Å². The molecule has 1 aromatic rings. The number of carbonyl (C=O) groups is 1. The lowest BCUT2D eigenvalue weighted by atomic mass is 9.84. The van der Waals surface area contributed by atoms with Gasteiger partial charge in [0.15, 0.2) is 5.78 Å². The van der Waals surface area contributed by atoms with Gasteiger partial charge in [-0.25, -0.2) is 4.79 Å². The van der Waals surface area contributed by atoms with Crippen LogP contribution in [0.3, 0.4) is 0 Å². The van der Waals surface area contributed by atoms with E-state index in [1.54, 1.807) is 0 Å². The van der Waals surface area contributed by atoms with Gasteiger partial charge < -0.3 is 4.42 Å².